The van der Waals surface area contributed by atoms with Gasteiger partial charge in [-0.2, -0.15) is 0 Å². The number of nitrogens with one attached hydrogen (secondary N) is 1. The van der Waals surface area contributed by atoms with E-state index in [1.165, 1.54) is 0 Å². The topological polar surface area (TPSA) is 46.2 Å². The summed E-state index contributed by atoms with van der Waals surface area (Å²) in [5.74, 6) is -0.554. The molecule has 1 N–H and O–H groups in total. The lowest BCUT2D eigenvalue weighted by Gasteiger charge is -2.16. The van der Waals surface area contributed by atoms with Crippen LogP contribution < -0.4 is 5.32 Å². The lowest BCUT2D eigenvalue weighted by molar-refractivity contribution is 0.546. The van der Waals surface area contributed by atoms with Crippen molar-refractivity contribution < 1.29 is 12.8 Å². The summed E-state index contributed by atoms with van der Waals surface area (Å²) in [7, 11) is -1.55. The molecule has 0 amide bonds. The molecular formula is C10H13BrFNO2S. The summed E-state index contributed by atoms with van der Waals surface area (Å²) in [6, 6.07) is 4.29. The third kappa shape index (κ3) is 3.54. The van der Waals surface area contributed by atoms with Gasteiger partial charge in [0.25, 0.3) is 0 Å². The van der Waals surface area contributed by atoms with E-state index in [0.717, 1.165) is 6.26 Å². The van der Waals surface area contributed by atoms with Gasteiger partial charge in [0.15, 0.2) is 0 Å². The van der Waals surface area contributed by atoms with Gasteiger partial charge in [0.05, 0.1) is 10.2 Å². The quantitative estimate of drug-likeness (QED) is 0.924. The van der Waals surface area contributed by atoms with Crippen LogP contribution in [0.3, 0.4) is 0 Å². The van der Waals surface area contributed by atoms with Gasteiger partial charge < -0.3 is 5.32 Å². The second-order valence-electron chi connectivity index (χ2n) is 3.58. The molecule has 0 bridgehead atoms. The summed E-state index contributed by atoms with van der Waals surface area (Å²) in [6.45, 7) is 0. The standard InChI is InChI=1S/C10H13BrFNO2S/c1-13-9(6-16(2,14)15)7-4-3-5-8(11)10(7)12/h3-5,9,13H,6H2,1-2H3. The number of rotatable bonds is 4. The molecule has 0 aliphatic rings. The Morgan fingerprint density at radius 2 is 2.12 bits per heavy atom. The lowest BCUT2D eigenvalue weighted by atomic mass is 10.1. The van der Waals surface area contributed by atoms with Crippen LogP contribution >= 0.6 is 15.9 Å². The van der Waals surface area contributed by atoms with Crippen LogP contribution in [0.15, 0.2) is 22.7 Å². The van der Waals surface area contributed by atoms with Crippen LogP contribution in [-0.4, -0.2) is 27.5 Å². The Morgan fingerprint density at radius 3 is 2.62 bits per heavy atom. The van der Waals surface area contributed by atoms with Crippen molar-refractivity contribution in [2.45, 2.75) is 6.04 Å². The van der Waals surface area contributed by atoms with Gasteiger partial charge in [0.1, 0.15) is 15.7 Å². The van der Waals surface area contributed by atoms with E-state index in [1.807, 2.05) is 0 Å². The zero-order valence-electron chi connectivity index (χ0n) is 9.00. The van der Waals surface area contributed by atoms with Crippen LogP contribution in [0.2, 0.25) is 0 Å². The van der Waals surface area contributed by atoms with Crippen molar-refractivity contribution in [1.29, 1.82) is 0 Å². The molecule has 1 rings (SSSR count). The lowest BCUT2D eigenvalue weighted by Crippen LogP contribution is -2.25. The SMILES string of the molecule is CNC(CS(C)(=O)=O)c1cccc(Br)c1F. The first-order valence-electron chi connectivity index (χ1n) is 4.64. The Labute approximate surface area is 103 Å². The Hall–Kier alpha value is -0.460. The molecule has 1 unspecified atom stereocenters. The molecule has 1 aromatic carbocycles. The summed E-state index contributed by atoms with van der Waals surface area (Å²) < 4.78 is 36.5. The summed E-state index contributed by atoms with van der Waals surface area (Å²) in [5, 5.41) is 2.80. The number of sulfone groups is 1. The highest BCUT2D eigenvalue weighted by molar-refractivity contribution is 9.10. The van der Waals surface area contributed by atoms with E-state index < -0.39 is 21.7 Å². The molecule has 16 heavy (non-hydrogen) atoms. The molecule has 1 atom stereocenters. The van der Waals surface area contributed by atoms with E-state index in [4.69, 9.17) is 0 Å². The zero-order valence-corrected chi connectivity index (χ0v) is 11.4. The molecular weight excluding hydrogens is 297 g/mol. The Balaban J connectivity index is 3.09. The van der Waals surface area contributed by atoms with Gasteiger partial charge in [-0.1, -0.05) is 12.1 Å². The van der Waals surface area contributed by atoms with Crippen LogP contribution in [0.1, 0.15) is 11.6 Å². The average molecular weight is 310 g/mol. The highest BCUT2D eigenvalue weighted by Gasteiger charge is 2.19. The first-order valence-corrected chi connectivity index (χ1v) is 7.49. The van der Waals surface area contributed by atoms with Gasteiger partial charge >= 0.3 is 0 Å². The van der Waals surface area contributed by atoms with Crippen molar-refractivity contribution in [3.05, 3.63) is 34.1 Å². The second-order valence-corrected chi connectivity index (χ2v) is 6.62. The van der Waals surface area contributed by atoms with E-state index in [1.54, 1.807) is 25.2 Å². The maximum absolute atomic E-state index is 13.7. The van der Waals surface area contributed by atoms with Gasteiger partial charge in [-0.05, 0) is 29.0 Å². The van der Waals surface area contributed by atoms with Gasteiger partial charge in [0, 0.05) is 17.9 Å². The molecule has 3 nitrogen and oxygen atoms in total. The van der Waals surface area contributed by atoms with Gasteiger partial charge in [0.2, 0.25) is 0 Å². The maximum Gasteiger partial charge on any atom is 0.149 e. The molecule has 0 fully saturated rings. The highest BCUT2D eigenvalue weighted by Crippen LogP contribution is 2.24. The van der Waals surface area contributed by atoms with Crippen LogP contribution in [0.5, 0.6) is 0 Å². The maximum atomic E-state index is 13.7. The van der Waals surface area contributed by atoms with Gasteiger partial charge in [-0.3, -0.25) is 0 Å². The second kappa shape index (κ2) is 5.25. The number of benzene rings is 1. The fraction of sp³-hybridized carbons (Fsp3) is 0.400. The van der Waals surface area contributed by atoms with Crippen molar-refractivity contribution in [2.24, 2.45) is 0 Å². The third-order valence-electron chi connectivity index (χ3n) is 2.17. The molecule has 0 saturated carbocycles. The molecule has 0 aliphatic carbocycles. The first kappa shape index (κ1) is 13.6. The average Bonchev–Trinajstić information content (AvgIpc) is 2.18. The minimum Gasteiger partial charge on any atom is -0.312 e. The van der Waals surface area contributed by atoms with Gasteiger partial charge in [-0.25, -0.2) is 12.8 Å². The monoisotopic (exact) mass is 309 g/mol. The Kier molecular flexibility index (Phi) is 4.46. The molecule has 6 heteroatoms. The van der Waals surface area contributed by atoms with Gasteiger partial charge in [-0.15, -0.1) is 0 Å². The molecule has 0 aromatic heterocycles. The first-order chi connectivity index (χ1) is 7.35. The van der Waals surface area contributed by atoms with Crippen LogP contribution in [-0.2, 0) is 9.84 Å². The fourth-order valence-corrected chi connectivity index (χ4v) is 2.75. The predicted molar refractivity (Wildman–Crippen MR) is 65.6 cm³/mol. The minimum absolute atomic E-state index is 0.128. The molecule has 0 radical (unpaired) electrons. The van der Waals surface area contributed by atoms with Crippen molar-refractivity contribution in [2.75, 3.05) is 19.1 Å². The summed E-state index contributed by atoms with van der Waals surface area (Å²) in [6.07, 6.45) is 1.13. The third-order valence-corrected chi connectivity index (χ3v) is 3.73. The highest BCUT2D eigenvalue weighted by atomic mass is 79.9. The van der Waals surface area contributed by atoms with E-state index in [2.05, 4.69) is 21.2 Å². The molecule has 0 spiro atoms. The Morgan fingerprint density at radius 1 is 1.50 bits per heavy atom. The molecule has 1 aromatic rings. The van der Waals surface area contributed by atoms with Crippen molar-refractivity contribution in [3.8, 4) is 0 Å². The largest absolute Gasteiger partial charge is 0.312 e. The van der Waals surface area contributed by atoms with E-state index in [-0.39, 0.29) is 5.75 Å². The summed E-state index contributed by atoms with van der Waals surface area (Å²) in [4.78, 5) is 0. The van der Waals surface area contributed by atoms with E-state index in [9.17, 15) is 12.8 Å². The summed E-state index contributed by atoms with van der Waals surface area (Å²) >= 11 is 3.07. The smallest absolute Gasteiger partial charge is 0.149 e. The number of hydrogen-bond donors (Lipinski definition) is 1. The van der Waals surface area contributed by atoms with E-state index in [0.29, 0.717) is 10.0 Å². The van der Waals surface area contributed by atoms with Crippen molar-refractivity contribution >= 4 is 25.8 Å². The zero-order chi connectivity index (χ0) is 12.3. The van der Waals surface area contributed by atoms with Crippen LogP contribution in [0, 0.1) is 5.82 Å². The van der Waals surface area contributed by atoms with Crippen LogP contribution in [0.25, 0.3) is 0 Å². The minimum atomic E-state index is -3.16. The summed E-state index contributed by atoms with van der Waals surface area (Å²) in [5.41, 5.74) is 0.349. The fourth-order valence-electron chi connectivity index (χ4n) is 1.42. The molecule has 0 heterocycles. The Bertz CT molecular complexity index is 476. The molecule has 90 valence electrons. The normalized spacial score (nSPS) is 13.8. The van der Waals surface area contributed by atoms with Crippen molar-refractivity contribution in [3.63, 3.8) is 0 Å². The van der Waals surface area contributed by atoms with Crippen LogP contribution in [0.4, 0.5) is 4.39 Å². The van der Waals surface area contributed by atoms with Crippen molar-refractivity contribution in [1.82, 2.24) is 5.32 Å². The van der Waals surface area contributed by atoms with E-state index >= 15 is 0 Å². The molecule has 0 saturated heterocycles. The predicted octanol–water partition coefficient (Wildman–Crippen LogP) is 1.89. The molecule has 0 aliphatic heterocycles. The number of hydrogen-bond acceptors (Lipinski definition) is 3. The number of halogens is 2.